The summed E-state index contributed by atoms with van der Waals surface area (Å²) in [5, 5.41) is 2.73. The average Bonchev–Trinajstić information content (AvgIpc) is 2.68. The van der Waals surface area contributed by atoms with E-state index in [1.807, 2.05) is 55.5 Å². The summed E-state index contributed by atoms with van der Waals surface area (Å²) in [5.41, 5.74) is 3.92. The number of Topliss-reactive ketones (excluding diaryl/α,β-unsaturated/α-hetero) is 1. The highest BCUT2D eigenvalue weighted by Gasteiger charge is 2.28. The van der Waals surface area contributed by atoms with Crippen molar-refractivity contribution < 1.29 is 9.59 Å². The summed E-state index contributed by atoms with van der Waals surface area (Å²) in [6.45, 7) is 1.93. The molecule has 5 nitrogen and oxygen atoms in total. The first-order valence-electron chi connectivity index (χ1n) is 8.92. The van der Waals surface area contributed by atoms with Crippen LogP contribution in [-0.4, -0.2) is 21.7 Å². The molecule has 0 unspecified atom stereocenters. The molecule has 0 bridgehead atoms. The van der Waals surface area contributed by atoms with Crippen molar-refractivity contribution in [1.82, 2.24) is 9.97 Å². The lowest BCUT2D eigenvalue weighted by Crippen LogP contribution is -2.22. The molecule has 0 aliphatic heterocycles. The quantitative estimate of drug-likeness (QED) is 0.770. The molecule has 5 heteroatoms. The van der Waals surface area contributed by atoms with Crippen LogP contribution in [0.25, 0.3) is 0 Å². The van der Waals surface area contributed by atoms with Gasteiger partial charge in [-0.2, -0.15) is 0 Å². The number of ketones is 1. The molecule has 3 aromatic rings. The molecule has 0 radical (unpaired) electrons. The number of fused-ring (bicyclic) bond motifs is 1. The zero-order chi connectivity index (χ0) is 18.8. The van der Waals surface area contributed by atoms with Crippen LogP contribution in [0.4, 0.5) is 5.95 Å². The molecule has 1 N–H and O–H groups in total. The maximum Gasteiger partial charge on any atom is 0.258 e. The molecule has 0 saturated carbocycles. The van der Waals surface area contributed by atoms with Gasteiger partial charge in [-0.15, -0.1) is 0 Å². The van der Waals surface area contributed by atoms with Crippen LogP contribution in [0.5, 0.6) is 0 Å². The number of aryl methyl sites for hydroxylation is 1. The molecular formula is C22H19N3O2. The van der Waals surface area contributed by atoms with Gasteiger partial charge in [-0.25, -0.2) is 9.97 Å². The summed E-state index contributed by atoms with van der Waals surface area (Å²) < 4.78 is 0. The third-order valence-electron chi connectivity index (χ3n) is 4.82. The highest BCUT2D eigenvalue weighted by Crippen LogP contribution is 2.31. The predicted molar refractivity (Wildman–Crippen MR) is 103 cm³/mol. The molecule has 0 fully saturated rings. The summed E-state index contributed by atoms with van der Waals surface area (Å²) in [5.74, 6) is 0.102. The lowest BCUT2D eigenvalue weighted by atomic mass is 9.82. The maximum atomic E-state index is 12.5. The highest BCUT2D eigenvalue weighted by molar-refractivity contribution is 6.03. The molecule has 1 heterocycles. The van der Waals surface area contributed by atoms with Gasteiger partial charge in [-0.1, -0.05) is 48.0 Å². The number of anilines is 1. The average molecular weight is 357 g/mol. The summed E-state index contributed by atoms with van der Waals surface area (Å²) in [6, 6.07) is 17.3. The van der Waals surface area contributed by atoms with Crippen LogP contribution < -0.4 is 5.32 Å². The lowest BCUT2D eigenvalue weighted by molar-refractivity contribution is 0.0962. The van der Waals surface area contributed by atoms with Gasteiger partial charge in [-0.05, 0) is 37.0 Å². The molecule has 4 rings (SSSR count). The number of amides is 1. The van der Waals surface area contributed by atoms with Gasteiger partial charge in [0.1, 0.15) is 0 Å². The van der Waals surface area contributed by atoms with Crippen LogP contribution in [0.15, 0.2) is 60.8 Å². The van der Waals surface area contributed by atoms with Crippen LogP contribution in [0, 0.1) is 6.92 Å². The Balaban J connectivity index is 1.58. The lowest BCUT2D eigenvalue weighted by Gasteiger charge is -2.23. The van der Waals surface area contributed by atoms with Gasteiger partial charge in [0.15, 0.2) is 5.78 Å². The number of aromatic nitrogens is 2. The minimum absolute atomic E-state index is 0.0432. The Labute approximate surface area is 157 Å². The molecule has 1 aliphatic rings. The zero-order valence-corrected chi connectivity index (χ0v) is 15.0. The fraction of sp³-hybridized carbons (Fsp3) is 0.182. The Morgan fingerprint density at radius 2 is 1.89 bits per heavy atom. The third-order valence-corrected chi connectivity index (χ3v) is 4.82. The van der Waals surface area contributed by atoms with Crippen molar-refractivity contribution in [2.45, 2.75) is 25.7 Å². The minimum Gasteiger partial charge on any atom is -0.294 e. The molecule has 1 atom stereocenters. The van der Waals surface area contributed by atoms with Crippen molar-refractivity contribution in [3.63, 3.8) is 0 Å². The minimum atomic E-state index is -0.264. The van der Waals surface area contributed by atoms with Crippen LogP contribution >= 0.6 is 0 Å². The Morgan fingerprint density at radius 3 is 2.67 bits per heavy atom. The number of hydrogen-bond donors (Lipinski definition) is 1. The summed E-state index contributed by atoms with van der Waals surface area (Å²) >= 11 is 0. The van der Waals surface area contributed by atoms with E-state index in [-0.39, 0.29) is 23.6 Å². The molecule has 134 valence electrons. The van der Waals surface area contributed by atoms with E-state index in [1.54, 1.807) is 6.07 Å². The van der Waals surface area contributed by atoms with Crippen LogP contribution in [0.1, 0.15) is 49.9 Å². The van der Waals surface area contributed by atoms with Gasteiger partial charge in [0.25, 0.3) is 5.91 Å². The van der Waals surface area contributed by atoms with E-state index in [4.69, 9.17) is 0 Å². The van der Waals surface area contributed by atoms with E-state index in [1.165, 1.54) is 6.20 Å². The van der Waals surface area contributed by atoms with E-state index >= 15 is 0 Å². The first kappa shape index (κ1) is 17.1. The van der Waals surface area contributed by atoms with E-state index in [9.17, 15) is 9.59 Å². The topological polar surface area (TPSA) is 72.0 Å². The standard InChI is InChI=1S/C22H19N3O2/c1-14-6-5-9-16(10-14)21(27)25-22-23-13-18-19(24-22)11-17(12-20(18)26)15-7-3-2-4-8-15/h2-10,13,17H,11-12H2,1H3,(H,23,24,25,27)/t17-/m1/s1. The number of carbonyl (C=O) groups is 2. The predicted octanol–water partition coefficient (Wildman–Crippen LogP) is 3.95. The van der Waals surface area contributed by atoms with Crippen molar-refractivity contribution in [1.29, 1.82) is 0 Å². The monoisotopic (exact) mass is 357 g/mol. The fourth-order valence-electron chi connectivity index (χ4n) is 3.43. The van der Waals surface area contributed by atoms with Crippen molar-refractivity contribution >= 4 is 17.6 Å². The molecule has 1 aliphatic carbocycles. The normalized spacial score (nSPS) is 15.9. The van der Waals surface area contributed by atoms with Gasteiger partial charge in [-0.3, -0.25) is 14.9 Å². The summed E-state index contributed by atoms with van der Waals surface area (Å²) in [6.07, 6.45) is 2.63. The van der Waals surface area contributed by atoms with Gasteiger partial charge >= 0.3 is 0 Å². The van der Waals surface area contributed by atoms with Gasteiger partial charge < -0.3 is 0 Å². The molecule has 0 spiro atoms. The SMILES string of the molecule is Cc1cccc(C(=O)Nc2ncc3c(n2)C[C@@H](c2ccccc2)CC3=O)c1. The van der Waals surface area contributed by atoms with Crippen molar-refractivity contribution in [3.05, 3.63) is 88.7 Å². The second-order valence-corrected chi connectivity index (χ2v) is 6.82. The van der Waals surface area contributed by atoms with E-state index in [2.05, 4.69) is 15.3 Å². The number of hydrogen-bond acceptors (Lipinski definition) is 4. The zero-order valence-electron chi connectivity index (χ0n) is 15.0. The maximum absolute atomic E-state index is 12.5. The summed E-state index contributed by atoms with van der Waals surface area (Å²) in [7, 11) is 0. The molecule has 2 aromatic carbocycles. The highest BCUT2D eigenvalue weighted by atomic mass is 16.1. The van der Waals surface area contributed by atoms with Gasteiger partial charge in [0.05, 0.1) is 11.3 Å². The Hall–Kier alpha value is -3.34. The Bertz CT molecular complexity index is 1020. The van der Waals surface area contributed by atoms with Crippen molar-refractivity contribution in [3.8, 4) is 0 Å². The van der Waals surface area contributed by atoms with E-state index < -0.39 is 0 Å². The molecule has 27 heavy (non-hydrogen) atoms. The van der Waals surface area contributed by atoms with Crippen LogP contribution in [0.2, 0.25) is 0 Å². The Morgan fingerprint density at radius 1 is 1.07 bits per heavy atom. The van der Waals surface area contributed by atoms with Crippen LogP contribution in [0.3, 0.4) is 0 Å². The Kier molecular flexibility index (Phi) is 4.50. The second kappa shape index (κ2) is 7.11. The van der Waals surface area contributed by atoms with Gasteiger partial charge in [0, 0.05) is 18.2 Å². The summed E-state index contributed by atoms with van der Waals surface area (Å²) in [4.78, 5) is 33.5. The number of benzene rings is 2. The molecule has 1 aromatic heterocycles. The number of rotatable bonds is 3. The smallest absolute Gasteiger partial charge is 0.258 e. The molecular weight excluding hydrogens is 338 g/mol. The fourth-order valence-corrected chi connectivity index (χ4v) is 3.43. The van der Waals surface area contributed by atoms with E-state index in [0.717, 1.165) is 11.1 Å². The van der Waals surface area contributed by atoms with Crippen molar-refractivity contribution in [2.75, 3.05) is 5.32 Å². The van der Waals surface area contributed by atoms with E-state index in [0.29, 0.717) is 29.7 Å². The number of nitrogens with zero attached hydrogens (tertiary/aromatic N) is 2. The third kappa shape index (κ3) is 3.62. The van der Waals surface area contributed by atoms with Crippen LogP contribution in [-0.2, 0) is 6.42 Å². The first-order valence-corrected chi connectivity index (χ1v) is 8.92. The molecule has 0 saturated heterocycles. The number of carbonyl (C=O) groups excluding carboxylic acids is 2. The molecule has 1 amide bonds. The largest absolute Gasteiger partial charge is 0.294 e. The second-order valence-electron chi connectivity index (χ2n) is 6.82. The van der Waals surface area contributed by atoms with Crippen molar-refractivity contribution in [2.24, 2.45) is 0 Å². The number of nitrogens with one attached hydrogen (secondary N) is 1. The van der Waals surface area contributed by atoms with Gasteiger partial charge in [0.2, 0.25) is 5.95 Å². The first-order chi connectivity index (χ1) is 13.1.